The Labute approximate surface area is 167 Å². The van der Waals surface area contributed by atoms with Gasteiger partial charge in [0.15, 0.2) is 0 Å². The minimum Gasteiger partial charge on any atom is -0.308 e. The van der Waals surface area contributed by atoms with Crippen molar-refractivity contribution in [1.29, 1.82) is 0 Å². The van der Waals surface area contributed by atoms with E-state index in [1.54, 1.807) is 20.8 Å². The molecule has 0 spiro atoms. The van der Waals surface area contributed by atoms with Gasteiger partial charge in [-0.3, -0.25) is 8.98 Å². The van der Waals surface area contributed by atoms with Crippen LogP contribution in [-0.2, 0) is 24.8 Å². The minimum atomic E-state index is -4.09. The molecule has 1 aromatic carbocycles. The van der Waals surface area contributed by atoms with E-state index in [2.05, 4.69) is 5.92 Å². The number of anilines is 1. The molecule has 154 valence electrons. The molecule has 1 atom stereocenters. The van der Waals surface area contributed by atoms with E-state index in [0.29, 0.717) is 5.69 Å². The van der Waals surface area contributed by atoms with E-state index < -0.39 is 27.1 Å². The lowest BCUT2D eigenvalue weighted by molar-refractivity contribution is -0.136. The topological polar surface area (TPSA) is 63.7 Å². The molecule has 0 aliphatic carbocycles. The van der Waals surface area contributed by atoms with Gasteiger partial charge in [0.2, 0.25) is 5.67 Å². The van der Waals surface area contributed by atoms with Gasteiger partial charge in [-0.05, 0) is 23.6 Å². The van der Waals surface area contributed by atoms with E-state index in [1.165, 1.54) is 23.1 Å². The second-order valence-corrected chi connectivity index (χ2v) is 10.9. The summed E-state index contributed by atoms with van der Waals surface area (Å²) >= 11 is 0. The van der Waals surface area contributed by atoms with Crippen LogP contribution in [0, 0.1) is 23.2 Å². The highest BCUT2D eigenvalue weighted by Gasteiger charge is 2.59. The first-order chi connectivity index (χ1) is 12.6. The molecule has 28 heavy (non-hydrogen) atoms. The summed E-state index contributed by atoms with van der Waals surface area (Å²) in [6, 6.07) is 4.00. The molecule has 1 aliphatic rings. The smallest absolute Gasteiger partial charge is 0.297 e. The van der Waals surface area contributed by atoms with Crippen molar-refractivity contribution in [3.05, 3.63) is 23.8 Å². The lowest BCUT2D eigenvalue weighted by Gasteiger charge is -2.33. The van der Waals surface area contributed by atoms with Crippen molar-refractivity contribution in [3.63, 3.8) is 0 Å². The van der Waals surface area contributed by atoms with E-state index in [-0.39, 0.29) is 35.4 Å². The molecule has 1 unspecified atom stereocenters. The SMILES string of the molecule is C#CCCN1C(=O)C(F)(C(C)(C)C)c2cc(S(=O)(=O)OCC(C)(C)C)ccc21. The zero-order chi connectivity index (χ0) is 21.5. The van der Waals surface area contributed by atoms with Crippen molar-refractivity contribution in [3.8, 4) is 12.3 Å². The van der Waals surface area contributed by atoms with Gasteiger partial charge in [0.25, 0.3) is 16.0 Å². The Morgan fingerprint density at radius 2 is 1.82 bits per heavy atom. The predicted molar refractivity (Wildman–Crippen MR) is 107 cm³/mol. The summed E-state index contributed by atoms with van der Waals surface area (Å²) in [6.45, 7) is 10.5. The fraction of sp³-hybridized carbons (Fsp3) is 0.571. The van der Waals surface area contributed by atoms with Crippen LogP contribution in [0.5, 0.6) is 0 Å². The number of hydrogen-bond acceptors (Lipinski definition) is 4. The summed E-state index contributed by atoms with van der Waals surface area (Å²) in [4.78, 5) is 14.1. The number of amides is 1. The lowest BCUT2D eigenvalue weighted by atomic mass is 9.74. The lowest BCUT2D eigenvalue weighted by Crippen LogP contribution is -2.46. The zero-order valence-corrected chi connectivity index (χ0v) is 18.1. The molecule has 1 amide bonds. The van der Waals surface area contributed by atoms with Crippen molar-refractivity contribution in [1.82, 2.24) is 0 Å². The third-order valence-electron chi connectivity index (χ3n) is 4.62. The quantitative estimate of drug-likeness (QED) is 0.544. The van der Waals surface area contributed by atoms with Crippen molar-refractivity contribution in [2.45, 2.75) is 58.5 Å². The van der Waals surface area contributed by atoms with Crippen LogP contribution in [0.4, 0.5) is 10.1 Å². The van der Waals surface area contributed by atoms with E-state index in [4.69, 9.17) is 10.6 Å². The van der Waals surface area contributed by atoms with Gasteiger partial charge in [0.1, 0.15) is 0 Å². The number of terminal acetylenes is 1. The Morgan fingerprint density at radius 3 is 2.32 bits per heavy atom. The Balaban J connectivity index is 2.58. The third-order valence-corrected chi connectivity index (χ3v) is 5.88. The van der Waals surface area contributed by atoms with Crippen LogP contribution in [-0.4, -0.2) is 27.5 Å². The monoisotopic (exact) mass is 409 g/mol. The summed E-state index contributed by atoms with van der Waals surface area (Å²) in [7, 11) is -4.09. The van der Waals surface area contributed by atoms with Gasteiger partial charge in [-0.15, -0.1) is 12.3 Å². The molecule has 1 aromatic rings. The normalized spacial score (nSPS) is 20.2. The minimum absolute atomic E-state index is 0.0142. The van der Waals surface area contributed by atoms with E-state index in [1.807, 2.05) is 20.8 Å². The Morgan fingerprint density at radius 1 is 1.21 bits per heavy atom. The molecule has 7 heteroatoms. The van der Waals surface area contributed by atoms with Crippen LogP contribution in [0.15, 0.2) is 23.1 Å². The molecule has 0 aromatic heterocycles. The molecule has 0 radical (unpaired) electrons. The molecule has 0 saturated carbocycles. The average molecular weight is 410 g/mol. The van der Waals surface area contributed by atoms with Crippen molar-refractivity contribution >= 4 is 21.7 Å². The van der Waals surface area contributed by atoms with E-state index >= 15 is 4.39 Å². The number of fused-ring (bicyclic) bond motifs is 1. The zero-order valence-electron chi connectivity index (χ0n) is 17.3. The van der Waals surface area contributed by atoms with E-state index in [0.717, 1.165) is 0 Å². The Hall–Kier alpha value is -1.91. The van der Waals surface area contributed by atoms with Crippen LogP contribution in [0.3, 0.4) is 0 Å². The first-order valence-corrected chi connectivity index (χ1v) is 10.5. The number of nitrogens with zero attached hydrogens (tertiary/aromatic N) is 1. The maximum atomic E-state index is 16.1. The number of halogens is 1. The molecule has 0 fully saturated rings. The molecule has 0 bridgehead atoms. The third kappa shape index (κ3) is 3.94. The number of carbonyl (C=O) groups excluding carboxylic acids is 1. The van der Waals surface area contributed by atoms with Gasteiger partial charge >= 0.3 is 0 Å². The first-order valence-electron chi connectivity index (χ1n) is 9.13. The van der Waals surface area contributed by atoms with Crippen LogP contribution in [0.1, 0.15) is 53.5 Å². The number of alkyl halides is 1. The van der Waals surface area contributed by atoms with Crippen molar-refractivity contribution < 1.29 is 21.8 Å². The largest absolute Gasteiger partial charge is 0.308 e. The molecular formula is C21H28FNO4S. The van der Waals surface area contributed by atoms with Gasteiger partial charge in [-0.25, -0.2) is 4.39 Å². The van der Waals surface area contributed by atoms with Crippen LogP contribution in [0.2, 0.25) is 0 Å². The molecule has 5 nitrogen and oxygen atoms in total. The summed E-state index contributed by atoms with van der Waals surface area (Å²) in [5.74, 6) is 1.72. The first kappa shape index (κ1) is 22.4. The summed E-state index contributed by atoms with van der Waals surface area (Å²) < 4.78 is 46.5. The Bertz CT molecular complexity index is 919. The second kappa shape index (κ2) is 7.16. The average Bonchev–Trinajstić information content (AvgIpc) is 2.79. The highest BCUT2D eigenvalue weighted by atomic mass is 32.2. The maximum Gasteiger partial charge on any atom is 0.297 e. The maximum absolute atomic E-state index is 16.1. The summed E-state index contributed by atoms with van der Waals surface area (Å²) in [5.41, 5.74) is -3.44. The fourth-order valence-corrected chi connectivity index (χ4v) is 4.18. The molecular weight excluding hydrogens is 381 g/mol. The van der Waals surface area contributed by atoms with Crippen LogP contribution >= 0.6 is 0 Å². The van der Waals surface area contributed by atoms with Crippen LogP contribution in [0.25, 0.3) is 0 Å². The fourth-order valence-electron chi connectivity index (χ4n) is 3.04. The molecule has 2 rings (SSSR count). The van der Waals surface area contributed by atoms with E-state index in [9.17, 15) is 13.2 Å². The van der Waals surface area contributed by atoms with Gasteiger partial charge in [-0.1, -0.05) is 41.5 Å². The Kier molecular flexibility index (Phi) is 5.72. The van der Waals surface area contributed by atoms with Crippen molar-refractivity contribution in [2.75, 3.05) is 18.1 Å². The van der Waals surface area contributed by atoms with Gasteiger partial charge in [-0.2, -0.15) is 8.42 Å². The van der Waals surface area contributed by atoms with Gasteiger partial charge < -0.3 is 4.90 Å². The number of carbonyl (C=O) groups is 1. The highest BCUT2D eigenvalue weighted by molar-refractivity contribution is 7.86. The predicted octanol–water partition coefficient (Wildman–Crippen LogP) is 4.02. The number of rotatable bonds is 5. The molecule has 0 saturated heterocycles. The summed E-state index contributed by atoms with van der Waals surface area (Å²) in [6.07, 6.45) is 5.56. The summed E-state index contributed by atoms with van der Waals surface area (Å²) in [5, 5.41) is 0. The molecule has 1 heterocycles. The second-order valence-electron chi connectivity index (χ2n) is 9.28. The highest BCUT2D eigenvalue weighted by Crippen LogP contribution is 2.53. The van der Waals surface area contributed by atoms with Gasteiger partial charge in [0.05, 0.1) is 17.2 Å². The van der Waals surface area contributed by atoms with Crippen LogP contribution < -0.4 is 4.90 Å². The number of benzene rings is 1. The van der Waals surface area contributed by atoms with Gasteiger partial charge in [0, 0.05) is 23.9 Å². The molecule has 1 aliphatic heterocycles. The molecule has 0 N–H and O–H groups in total. The van der Waals surface area contributed by atoms with Crippen molar-refractivity contribution in [2.24, 2.45) is 10.8 Å². The standard InChI is InChI=1S/C21H28FNO4S/c1-8-9-12-23-17-11-10-15(28(25,26)27-14-19(2,3)4)13-16(17)21(22,18(23)24)20(5,6)7/h1,10-11,13H,9,12,14H2,2-7H3. The number of hydrogen-bond donors (Lipinski definition) is 0.